The minimum atomic E-state index is -1.02. The summed E-state index contributed by atoms with van der Waals surface area (Å²) in [6.07, 6.45) is 5.63. The van der Waals surface area contributed by atoms with Crippen LogP contribution in [0.3, 0.4) is 0 Å². The number of hydrogen-bond donors (Lipinski definition) is 2. The minimum absolute atomic E-state index is 0.223. The zero-order valence-corrected chi connectivity index (χ0v) is 16.6. The molecule has 2 aromatic rings. The van der Waals surface area contributed by atoms with E-state index in [0.29, 0.717) is 23.1 Å². The maximum atomic E-state index is 10.8. The number of benzene rings is 1. The molecule has 0 atom stereocenters. The number of ether oxygens (including phenoxy) is 2. The molecule has 1 fully saturated rings. The Bertz CT molecular complexity index is 872. The highest BCUT2D eigenvalue weighted by molar-refractivity contribution is 5.68. The van der Waals surface area contributed by atoms with Gasteiger partial charge < -0.3 is 19.7 Å². The lowest BCUT2D eigenvalue weighted by molar-refractivity contribution is -0.139. The van der Waals surface area contributed by atoms with Crippen molar-refractivity contribution in [2.24, 2.45) is 0 Å². The second kappa shape index (κ2) is 8.50. The van der Waals surface area contributed by atoms with E-state index in [4.69, 9.17) is 14.6 Å². The van der Waals surface area contributed by atoms with Gasteiger partial charge in [-0.15, -0.1) is 0 Å². The number of carboxylic acid groups (broad SMARTS) is 1. The molecule has 0 spiro atoms. The normalized spacial score (nSPS) is 14.7. The minimum Gasteiger partial charge on any atom is -0.506 e. The van der Waals surface area contributed by atoms with Gasteiger partial charge in [-0.2, -0.15) is 0 Å². The van der Waals surface area contributed by atoms with Crippen LogP contribution in [0.2, 0.25) is 0 Å². The standard InChI is InChI=1S/C22H27NO5/c1-13-11-18(27-12-20(25)26)14(2)15(3)22(13)28-19-10-9-17(24)21(23-19)16-7-5-4-6-8-16/h9-11,16,24H,4-8,12H2,1-3H3,(H,25,26). The third kappa shape index (κ3) is 4.38. The molecule has 0 aliphatic heterocycles. The second-order valence-electron chi connectivity index (χ2n) is 7.44. The van der Waals surface area contributed by atoms with Crippen LogP contribution in [0, 0.1) is 20.8 Å². The molecular formula is C22H27NO5. The van der Waals surface area contributed by atoms with Gasteiger partial charge in [0.25, 0.3) is 0 Å². The highest BCUT2D eigenvalue weighted by Crippen LogP contribution is 2.39. The lowest BCUT2D eigenvalue weighted by Gasteiger charge is -2.22. The molecule has 0 saturated heterocycles. The maximum absolute atomic E-state index is 10.8. The summed E-state index contributed by atoms with van der Waals surface area (Å²) < 4.78 is 11.5. The molecule has 0 radical (unpaired) electrons. The van der Waals surface area contributed by atoms with Crippen LogP contribution in [0.5, 0.6) is 23.1 Å². The molecule has 2 N–H and O–H groups in total. The van der Waals surface area contributed by atoms with Gasteiger partial charge >= 0.3 is 5.97 Å². The fourth-order valence-corrected chi connectivity index (χ4v) is 3.75. The van der Waals surface area contributed by atoms with Crippen LogP contribution in [-0.2, 0) is 4.79 Å². The molecule has 28 heavy (non-hydrogen) atoms. The van der Waals surface area contributed by atoms with Gasteiger partial charge in [-0.25, -0.2) is 9.78 Å². The third-order valence-electron chi connectivity index (χ3n) is 5.40. The van der Waals surface area contributed by atoms with E-state index >= 15 is 0 Å². The van der Waals surface area contributed by atoms with Crippen molar-refractivity contribution in [3.63, 3.8) is 0 Å². The molecule has 1 aromatic heterocycles. The van der Waals surface area contributed by atoms with E-state index in [0.717, 1.165) is 42.4 Å². The predicted octanol–water partition coefficient (Wildman–Crippen LogP) is 5.02. The highest BCUT2D eigenvalue weighted by Gasteiger charge is 2.21. The van der Waals surface area contributed by atoms with Crippen molar-refractivity contribution in [2.75, 3.05) is 6.61 Å². The van der Waals surface area contributed by atoms with Crippen molar-refractivity contribution < 1.29 is 24.5 Å². The van der Waals surface area contributed by atoms with E-state index in [1.807, 2.05) is 20.8 Å². The highest BCUT2D eigenvalue weighted by atomic mass is 16.5. The number of aryl methyl sites for hydroxylation is 1. The number of rotatable bonds is 6. The number of carbonyl (C=O) groups is 1. The van der Waals surface area contributed by atoms with Gasteiger partial charge in [0.1, 0.15) is 17.2 Å². The quantitative estimate of drug-likeness (QED) is 0.726. The summed E-state index contributed by atoms with van der Waals surface area (Å²) in [6, 6.07) is 5.10. The maximum Gasteiger partial charge on any atom is 0.341 e. The summed E-state index contributed by atoms with van der Waals surface area (Å²) in [5.74, 6) is 1.13. The van der Waals surface area contributed by atoms with E-state index in [1.54, 1.807) is 18.2 Å². The van der Waals surface area contributed by atoms with Crippen molar-refractivity contribution in [3.8, 4) is 23.1 Å². The molecule has 1 saturated carbocycles. The van der Waals surface area contributed by atoms with E-state index in [-0.39, 0.29) is 18.3 Å². The first kappa shape index (κ1) is 20.0. The SMILES string of the molecule is Cc1cc(OCC(=O)O)c(C)c(C)c1Oc1ccc(O)c(C2CCCCC2)n1. The van der Waals surface area contributed by atoms with Crippen LogP contribution < -0.4 is 9.47 Å². The van der Waals surface area contributed by atoms with Crippen molar-refractivity contribution in [1.82, 2.24) is 4.98 Å². The lowest BCUT2D eigenvalue weighted by Crippen LogP contribution is -2.11. The first-order valence-corrected chi connectivity index (χ1v) is 9.70. The van der Waals surface area contributed by atoms with Crippen LogP contribution in [0.15, 0.2) is 18.2 Å². The molecule has 1 aromatic carbocycles. The van der Waals surface area contributed by atoms with E-state index in [9.17, 15) is 9.90 Å². The Kier molecular flexibility index (Phi) is 6.07. The molecule has 6 nitrogen and oxygen atoms in total. The second-order valence-corrected chi connectivity index (χ2v) is 7.44. The van der Waals surface area contributed by atoms with Crippen LogP contribution in [0.25, 0.3) is 0 Å². The number of nitrogens with zero attached hydrogens (tertiary/aromatic N) is 1. The van der Waals surface area contributed by atoms with Gasteiger partial charge in [0.05, 0.1) is 5.69 Å². The number of hydrogen-bond acceptors (Lipinski definition) is 5. The Hall–Kier alpha value is -2.76. The largest absolute Gasteiger partial charge is 0.506 e. The molecule has 6 heteroatoms. The molecule has 0 amide bonds. The molecular weight excluding hydrogens is 358 g/mol. The summed E-state index contributed by atoms with van der Waals surface area (Å²) in [4.78, 5) is 15.4. The Morgan fingerprint density at radius 1 is 1.14 bits per heavy atom. The molecule has 1 aliphatic carbocycles. The summed E-state index contributed by atoms with van der Waals surface area (Å²) in [7, 11) is 0. The van der Waals surface area contributed by atoms with E-state index < -0.39 is 5.97 Å². The summed E-state index contributed by atoms with van der Waals surface area (Å²) in [5, 5.41) is 19.1. The van der Waals surface area contributed by atoms with Gasteiger partial charge in [0, 0.05) is 12.0 Å². The molecule has 0 unspecified atom stereocenters. The Balaban J connectivity index is 1.87. The van der Waals surface area contributed by atoms with Crippen molar-refractivity contribution >= 4 is 5.97 Å². The van der Waals surface area contributed by atoms with E-state index in [2.05, 4.69) is 4.98 Å². The first-order chi connectivity index (χ1) is 13.4. The van der Waals surface area contributed by atoms with Gasteiger partial charge in [-0.1, -0.05) is 19.3 Å². The van der Waals surface area contributed by atoms with E-state index in [1.165, 1.54) is 6.42 Å². The van der Waals surface area contributed by atoms with Crippen molar-refractivity contribution in [2.45, 2.75) is 58.8 Å². The first-order valence-electron chi connectivity index (χ1n) is 9.70. The van der Waals surface area contributed by atoms with Crippen LogP contribution in [-0.4, -0.2) is 27.8 Å². The molecule has 1 aliphatic rings. The van der Waals surface area contributed by atoms with Gasteiger partial charge in [-0.05, 0) is 62.4 Å². The number of carboxylic acids is 1. The fourth-order valence-electron chi connectivity index (χ4n) is 3.75. The number of aromatic nitrogens is 1. The Labute approximate surface area is 165 Å². The van der Waals surface area contributed by atoms with Crippen molar-refractivity contribution in [3.05, 3.63) is 40.6 Å². The fraction of sp³-hybridized carbons (Fsp3) is 0.455. The van der Waals surface area contributed by atoms with Gasteiger partial charge in [0.15, 0.2) is 6.61 Å². The third-order valence-corrected chi connectivity index (χ3v) is 5.40. The number of aromatic hydroxyl groups is 1. The predicted molar refractivity (Wildman–Crippen MR) is 106 cm³/mol. The number of aliphatic carboxylic acids is 1. The average molecular weight is 385 g/mol. The zero-order chi connectivity index (χ0) is 20.3. The number of pyridine rings is 1. The lowest BCUT2D eigenvalue weighted by atomic mass is 9.86. The van der Waals surface area contributed by atoms with Gasteiger partial charge in [-0.3, -0.25) is 0 Å². The van der Waals surface area contributed by atoms with Crippen LogP contribution in [0.4, 0.5) is 0 Å². The topological polar surface area (TPSA) is 88.9 Å². The van der Waals surface area contributed by atoms with Crippen LogP contribution in [0.1, 0.15) is 60.4 Å². The molecule has 150 valence electrons. The zero-order valence-electron chi connectivity index (χ0n) is 16.6. The summed E-state index contributed by atoms with van der Waals surface area (Å²) in [5.41, 5.74) is 3.24. The molecule has 3 rings (SSSR count). The smallest absolute Gasteiger partial charge is 0.341 e. The van der Waals surface area contributed by atoms with Crippen molar-refractivity contribution in [1.29, 1.82) is 0 Å². The average Bonchev–Trinajstić information content (AvgIpc) is 2.68. The van der Waals surface area contributed by atoms with Crippen LogP contribution >= 0.6 is 0 Å². The summed E-state index contributed by atoms with van der Waals surface area (Å²) in [6.45, 7) is 5.28. The monoisotopic (exact) mass is 385 g/mol. The molecule has 1 heterocycles. The van der Waals surface area contributed by atoms with Gasteiger partial charge in [0.2, 0.25) is 5.88 Å². The Morgan fingerprint density at radius 2 is 1.86 bits per heavy atom. The molecule has 0 bridgehead atoms. The Morgan fingerprint density at radius 3 is 2.54 bits per heavy atom. The summed E-state index contributed by atoms with van der Waals surface area (Å²) >= 11 is 0.